The molecule has 0 aliphatic heterocycles. The van der Waals surface area contributed by atoms with Crippen LogP contribution < -0.4 is 14.9 Å². The van der Waals surface area contributed by atoms with Crippen molar-refractivity contribution in [2.75, 3.05) is 7.11 Å². The molecule has 1 saturated carbocycles. The van der Waals surface area contributed by atoms with Crippen LogP contribution in [0.15, 0.2) is 102 Å². The maximum atomic E-state index is 13.2. The van der Waals surface area contributed by atoms with Crippen molar-refractivity contribution in [3.63, 3.8) is 0 Å². The number of halogens is 2. The van der Waals surface area contributed by atoms with Crippen molar-refractivity contribution in [1.82, 2.24) is 10.4 Å². The van der Waals surface area contributed by atoms with Crippen LogP contribution in [-0.2, 0) is 16.1 Å². The van der Waals surface area contributed by atoms with Gasteiger partial charge in [0.25, 0.3) is 11.8 Å². The molecule has 5 rings (SSSR count). The van der Waals surface area contributed by atoms with Crippen molar-refractivity contribution >= 4 is 41.0 Å². The summed E-state index contributed by atoms with van der Waals surface area (Å²) in [6, 6.07) is 28.0. The minimum Gasteiger partial charge on any atom is -0.496 e. The summed E-state index contributed by atoms with van der Waals surface area (Å²) in [6.07, 6.45) is 1.71. The third-order valence-electron chi connectivity index (χ3n) is 9.03. The fourth-order valence-corrected chi connectivity index (χ4v) is 6.41. The normalized spacial score (nSPS) is 15.5. The Kier molecular flexibility index (Phi) is 13.4. The van der Waals surface area contributed by atoms with Gasteiger partial charge in [-0.05, 0) is 113 Å². The number of methoxy groups -OCH3 is 1. The van der Waals surface area contributed by atoms with Gasteiger partial charge in [0.2, 0.25) is 0 Å². The zero-order chi connectivity index (χ0) is 39.1. The second-order valence-corrected chi connectivity index (χ2v) is 15.7. The first-order valence-electron chi connectivity index (χ1n) is 17.3. The van der Waals surface area contributed by atoms with Crippen LogP contribution >= 0.6 is 23.2 Å². The van der Waals surface area contributed by atoms with E-state index >= 15 is 0 Å². The van der Waals surface area contributed by atoms with Crippen LogP contribution in [0.1, 0.15) is 77.6 Å². The number of nitrogens with zero attached hydrogens (tertiary/aromatic N) is 1. The topological polar surface area (TPSA) is 94.2 Å². The van der Waals surface area contributed by atoms with Crippen LogP contribution in [0.25, 0.3) is 0 Å². The highest BCUT2D eigenvalue weighted by Gasteiger charge is 2.61. The second-order valence-electron chi connectivity index (χ2n) is 14.7. The molecule has 53 heavy (non-hydrogen) atoms. The fraction of sp³-hybridized carbons (Fsp3) is 0.326. The van der Waals surface area contributed by atoms with Crippen molar-refractivity contribution in [2.45, 2.75) is 67.5 Å². The molecule has 2 unspecified atom stereocenters. The van der Waals surface area contributed by atoms with Gasteiger partial charge >= 0.3 is 5.97 Å². The van der Waals surface area contributed by atoms with E-state index in [1.807, 2.05) is 128 Å². The molecule has 0 saturated heterocycles. The van der Waals surface area contributed by atoms with Crippen molar-refractivity contribution in [1.29, 1.82) is 0 Å². The highest BCUT2D eigenvalue weighted by molar-refractivity contribution is 6.55. The molecule has 1 N–H and O–H groups in total. The first-order valence-corrected chi connectivity index (χ1v) is 18.1. The molecule has 1 fully saturated rings. The number of benzene rings is 4. The molecule has 0 heterocycles. The monoisotopic (exact) mass is 758 g/mol. The number of hydrogen-bond acceptors (Lipinski definition) is 6. The van der Waals surface area contributed by atoms with Gasteiger partial charge in [-0.2, -0.15) is 0 Å². The smallest absolute Gasteiger partial charge is 0.310 e. The number of rotatable bonds is 9. The Bertz CT molecular complexity index is 1950. The number of hydrogen-bond donors (Lipinski definition) is 1. The van der Waals surface area contributed by atoms with E-state index in [-0.39, 0.29) is 46.1 Å². The van der Waals surface area contributed by atoms with Crippen LogP contribution in [0.5, 0.6) is 17.2 Å². The van der Waals surface area contributed by atoms with E-state index in [1.54, 1.807) is 31.4 Å². The Morgan fingerprint density at radius 2 is 1.47 bits per heavy atom. The number of carbonyl (C=O) groups excluding carboxylic acids is 3. The van der Waals surface area contributed by atoms with E-state index in [1.165, 1.54) is 5.01 Å². The number of para-hydroxylation sites is 1. The van der Waals surface area contributed by atoms with E-state index in [0.29, 0.717) is 22.6 Å². The van der Waals surface area contributed by atoms with Crippen molar-refractivity contribution in [3.8, 4) is 17.2 Å². The molecule has 10 heteroatoms. The molecular weight excluding hydrogens is 711 g/mol. The zero-order valence-corrected chi connectivity index (χ0v) is 33.3. The molecule has 4 aromatic rings. The lowest BCUT2D eigenvalue weighted by Crippen LogP contribution is -2.56. The lowest BCUT2D eigenvalue weighted by Gasteiger charge is -2.35. The first-order chi connectivity index (χ1) is 24.9. The third-order valence-corrected chi connectivity index (χ3v) is 9.29. The number of hydrazine groups is 1. The van der Waals surface area contributed by atoms with Crippen molar-refractivity contribution < 1.29 is 28.6 Å². The van der Waals surface area contributed by atoms with Crippen LogP contribution in [0.4, 0.5) is 0 Å². The van der Waals surface area contributed by atoms with Gasteiger partial charge in [-0.25, -0.2) is 5.01 Å². The van der Waals surface area contributed by atoms with E-state index < -0.39 is 5.54 Å². The van der Waals surface area contributed by atoms with Gasteiger partial charge in [0.05, 0.1) is 18.6 Å². The molecule has 8 nitrogen and oxygen atoms in total. The molecule has 0 spiro atoms. The van der Waals surface area contributed by atoms with Gasteiger partial charge in [-0.15, -0.1) is 0 Å². The van der Waals surface area contributed by atoms with Gasteiger partial charge in [-0.3, -0.25) is 19.8 Å². The summed E-state index contributed by atoms with van der Waals surface area (Å²) in [5.74, 6) is 1.04. The number of esters is 1. The van der Waals surface area contributed by atoms with E-state index in [2.05, 4.69) is 5.43 Å². The van der Waals surface area contributed by atoms with E-state index in [4.69, 9.17) is 37.4 Å². The zero-order valence-electron chi connectivity index (χ0n) is 31.8. The number of allylic oxidation sites excluding steroid dienone is 1. The highest BCUT2D eigenvalue weighted by Crippen LogP contribution is 2.60. The Morgan fingerprint density at radius 1 is 0.849 bits per heavy atom. The average molecular weight is 760 g/mol. The molecule has 4 aromatic carbocycles. The standard InChI is InChI=1S/C22H28N2O3.C21H20Cl2O3/c1-14-11-15(2)13-17(12-14)21(26)24(22(4,5)6)23-20(25)18-9-8-10-19(27-7)16(18)3;1-21(2)17(12-18(22)23)19(21)20(24)25-13-14-7-6-10-16(11-14)26-15-8-4-3-5-9-15/h8-13H,1-7H3,(H,23,25);3-12,17,19H,13H2,1-2H3. The summed E-state index contributed by atoms with van der Waals surface area (Å²) in [4.78, 5) is 38.5. The van der Waals surface area contributed by atoms with Crippen molar-refractivity contribution in [2.24, 2.45) is 17.3 Å². The average Bonchev–Trinajstić information content (AvgIpc) is 3.63. The predicted molar refractivity (Wildman–Crippen MR) is 210 cm³/mol. The molecule has 1 aliphatic carbocycles. The molecule has 1 aliphatic rings. The molecule has 280 valence electrons. The maximum Gasteiger partial charge on any atom is 0.310 e. The first kappa shape index (κ1) is 41.0. The maximum absolute atomic E-state index is 13.2. The quantitative estimate of drug-likeness (QED) is 0.135. The number of nitrogens with one attached hydrogen (secondary N) is 1. The minimum atomic E-state index is -0.600. The van der Waals surface area contributed by atoms with Gasteiger partial charge in [0.1, 0.15) is 28.3 Å². The van der Waals surface area contributed by atoms with E-state index in [0.717, 1.165) is 28.0 Å². The Labute approximate surface area is 323 Å². The molecular formula is C43H48Cl2N2O6. The second kappa shape index (κ2) is 17.4. The highest BCUT2D eigenvalue weighted by atomic mass is 35.5. The number of amides is 2. The van der Waals surface area contributed by atoms with Crippen LogP contribution in [-0.4, -0.2) is 35.4 Å². The van der Waals surface area contributed by atoms with E-state index in [9.17, 15) is 14.4 Å². The van der Waals surface area contributed by atoms with Gasteiger partial charge in [-0.1, -0.05) is 90.6 Å². The number of aryl methyl sites for hydroxylation is 2. The summed E-state index contributed by atoms with van der Waals surface area (Å²) >= 11 is 11.5. The van der Waals surface area contributed by atoms with Crippen LogP contribution in [0, 0.1) is 38.0 Å². The lowest BCUT2D eigenvalue weighted by molar-refractivity contribution is -0.147. The van der Waals surface area contributed by atoms with Crippen molar-refractivity contribution in [3.05, 3.63) is 135 Å². The third kappa shape index (κ3) is 10.9. The summed E-state index contributed by atoms with van der Waals surface area (Å²) in [5, 5.41) is 1.39. The molecule has 2 atom stereocenters. The number of carbonyl (C=O) groups is 3. The summed E-state index contributed by atoms with van der Waals surface area (Å²) in [5.41, 5.74) is 6.62. The lowest BCUT2D eigenvalue weighted by atomic mass is 10.0. The number of ether oxygens (including phenoxy) is 3. The Morgan fingerprint density at radius 3 is 2.08 bits per heavy atom. The Hall–Kier alpha value is -4.79. The summed E-state index contributed by atoms with van der Waals surface area (Å²) in [7, 11) is 1.56. The molecule has 0 aromatic heterocycles. The van der Waals surface area contributed by atoms with Crippen LogP contribution in [0.3, 0.4) is 0 Å². The molecule has 0 bridgehead atoms. The summed E-state index contributed by atoms with van der Waals surface area (Å²) in [6.45, 7) is 15.6. The predicted octanol–water partition coefficient (Wildman–Crippen LogP) is 10.3. The SMILES string of the molecule is CC1(C)C(C=C(Cl)Cl)C1C(=O)OCc1cccc(Oc2ccccc2)c1.COc1cccc(C(=O)NN(C(=O)c2cc(C)cc(C)c2)C(C)(C)C)c1C. The minimum absolute atomic E-state index is 0.00717. The van der Waals surface area contributed by atoms with Gasteiger partial charge in [0, 0.05) is 16.7 Å². The summed E-state index contributed by atoms with van der Waals surface area (Å²) < 4.78 is 16.8. The fourth-order valence-electron chi connectivity index (χ4n) is 6.14. The largest absolute Gasteiger partial charge is 0.496 e. The van der Waals surface area contributed by atoms with Crippen LogP contribution in [0.2, 0.25) is 0 Å². The Balaban J connectivity index is 0.000000237. The van der Waals surface area contributed by atoms with Gasteiger partial charge < -0.3 is 14.2 Å². The van der Waals surface area contributed by atoms with Gasteiger partial charge in [0.15, 0.2) is 0 Å². The molecule has 2 amide bonds. The molecule has 0 radical (unpaired) electrons.